The number of piperazine rings is 1. The van der Waals surface area contributed by atoms with Crippen LogP contribution in [0, 0.1) is 0 Å². The zero-order valence-electron chi connectivity index (χ0n) is 16.9. The Balaban J connectivity index is 1.57. The summed E-state index contributed by atoms with van der Waals surface area (Å²) in [6.07, 6.45) is 1.57. The maximum absolute atomic E-state index is 13.3. The SMILES string of the molecule is O=C(NCc1ccco1)C1CNCC2C(=O)OC(c3ccccc3)(c3ccccc3)N12. The van der Waals surface area contributed by atoms with Gasteiger partial charge in [0.25, 0.3) is 0 Å². The van der Waals surface area contributed by atoms with E-state index in [0.717, 1.165) is 11.1 Å². The summed E-state index contributed by atoms with van der Waals surface area (Å²) < 4.78 is 11.5. The van der Waals surface area contributed by atoms with E-state index in [9.17, 15) is 9.59 Å². The van der Waals surface area contributed by atoms with Crippen molar-refractivity contribution in [1.82, 2.24) is 15.5 Å². The number of nitrogens with one attached hydrogen (secondary N) is 2. The van der Waals surface area contributed by atoms with Crippen LogP contribution in [0.3, 0.4) is 0 Å². The summed E-state index contributed by atoms with van der Waals surface area (Å²) in [5.74, 6) is 0.131. The molecule has 2 atom stereocenters. The second-order valence-corrected chi connectivity index (χ2v) is 7.69. The summed E-state index contributed by atoms with van der Waals surface area (Å²) in [5, 5.41) is 6.17. The van der Waals surface area contributed by atoms with Gasteiger partial charge < -0.3 is 19.8 Å². The predicted octanol–water partition coefficient (Wildman–Crippen LogP) is 2.00. The average Bonchev–Trinajstić information content (AvgIpc) is 3.45. The van der Waals surface area contributed by atoms with Gasteiger partial charge in [0.2, 0.25) is 11.6 Å². The molecule has 2 aliphatic rings. The molecule has 2 aromatic carbocycles. The van der Waals surface area contributed by atoms with Crippen LogP contribution in [0.4, 0.5) is 0 Å². The van der Waals surface area contributed by atoms with E-state index in [-0.39, 0.29) is 18.4 Å². The molecule has 5 rings (SSSR count). The molecule has 2 unspecified atom stereocenters. The molecule has 0 saturated carbocycles. The molecule has 2 N–H and O–H groups in total. The van der Waals surface area contributed by atoms with Gasteiger partial charge in [-0.15, -0.1) is 0 Å². The van der Waals surface area contributed by atoms with Gasteiger partial charge in [-0.3, -0.25) is 9.59 Å². The fraction of sp³-hybridized carbons (Fsp3) is 0.250. The fourth-order valence-corrected chi connectivity index (χ4v) is 4.51. The Morgan fingerprint density at radius 2 is 1.68 bits per heavy atom. The summed E-state index contributed by atoms with van der Waals surface area (Å²) in [6.45, 7) is 1.10. The molecular weight excluding hydrogens is 394 g/mol. The van der Waals surface area contributed by atoms with Crippen LogP contribution in [0.5, 0.6) is 0 Å². The second kappa shape index (κ2) is 8.02. The molecule has 31 heavy (non-hydrogen) atoms. The number of carbonyl (C=O) groups excluding carboxylic acids is 2. The van der Waals surface area contributed by atoms with Gasteiger partial charge in [-0.1, -0.05) is 60.7 Å². The number of nitrogens with zero attached hydrogens (tertiary/aromatic N) is 1. The van der Waals surface area contributed by atoms with E-state index in [2.05, 4.69) is 10.6 Å². The number of benzene rings is 2. The normalized spacial score (nSPS) is 22.5. The van der Waals surface area contributed by atoms with Crippen molar-refractivity contribution in [3.05, 3.63) is 95.9 Å². The number of carbonyl (C=O) groups is 2. The number of hydrogen-bond acceptors (Lipinski definition) is 6. The number of furan rings is 1. The van der Waals surface area contributed by atoms with Crippen LogP contribution in [0.1, 0.15) is 16.9 Å². The number of rotatable bonds is 5. The van der Waals surface area contributed by atoms with E-state index in [1.807, 2.05) is 71.6 Å². The van der Waals surface area contributed by atoms with Crippen LogP contribution in [-0.4, -0.2) is 41.9 Å². The Kier molecular flexibility index (Phi) is 5.05. The predicted molar refractivity (Wildman–Crippen MR) is 113 cm³/mol. The number of amides is 1. The van der Waals surface area contributed by atoms with Crippen molar-refractivity contribution in [2.45, 2.75) is 24.4 Å². The highest BCUT2D eigenvalue weighted by molar-refractivity contribution is 5.86. The Morgan fingerprint density at radius 3 is 2.29 bits per heavy atom. The highest BCUT2D eigenvalue weighted by Crippen LogP contribution is 2.45. The maximum atomic E-state index is 13.3. The summed E-state index contributed by atoms with van der Waals surface area (Å²) in [6, 6.07) is 21.6. The zero-order chi connectivity index (χ0) is 21.3. The van der Waals surface area contributed by atoms with Crippen molar-refractivity contribution in [2.75, 3.05) is 13.1 Å². The van der Waals surface area contributed by atoms with Gasteiger partial charge >= 0.3 is 5.97 Å². The topological polar surface area (TPSA) is 83.8 Å². The first-order valence-electron chi connectivity index (χ1n) is 10.3. The highest BCUT2D eigenvalue weighted by Gasteiger charge is 2.60. The van der Waals surface area contributed by atoms with Gasteiger partial charge in [0.05, 0.1) is 12.8 Å². The molecule has 2 aliphatic heterocycles. The van der Waals surface area contributed by atoms with E-state index in [1.54, 1.807) is 12.3 Å². The molecule has 1 amide bonds. The van der Waals surface area contributed by atoms with Gasteiger partial charge in [-0.05, 0) is 12.1 Å². The van der Waals surface area contributed by atoms with Crippen LogP contribution in [0.15, 0.2) is 83.5 Å². The third kappa shape index (κ3) is 3.32. The molecule has 0 radical (unpaired) electrons. The molecule has 0 aliphatic carbocycles. The Bertz CT molecular complexity index is 1010. The van der Waals surface area contributed by atoms with Crippen molar-refractivity contribution in [2.24, 2.45) is 0 Å². The molecule has 3 heterocycles. The van der Waals surface area contributed by atoms with Crippen molar-refractivity contribution in [1.29, 1.82) is 0 Å². The lowest BCUT2D eigenvalue weighted by Gasteiger charge is -2.44. The van der Waals surface area contributed by atoms with Gasteiger partial charge in [-0.2, -0.15) is 0 Å². The van der Waals surface area contributed by atoms with E-state index in [0.29, 0.717) is 18.8 Å². The summed E-state index contributed by atoms with van der Waals surface area (Å²) in [7, 11) is 0. The number of fused-ring (bicyclic) bond motifs is 1. The van der Waals surface area contributed by atoms with E-state index < -0.39 is 17.8 Å². The fourth-order valence-electron chi connectivity index (χ4n) is 4.51. The molecule has 2 saturated heterocycles. The smallest absolute Gasteiger partial charge is 0.327 e. The number of esters is 1. The first-order chi connectivity index (χ1) is 15.2. The monoisotopic (exact) mass is 417 g/mol. The van der Waals surface area contributed by atoms with E-state index in [4.69, 9.17) is 9.15 Å². The molecule has 7 heteroatoms. The molecule has 158 valence electrons. The summed E-state index contributed by atoms with van der Waals surface area (Å²) in [5.41, 5.74) is 0.435. The lowest BCUT2D eigenvalue weighted by atomic mass is 9.90. The summed E-state index contributed by atoms with van der Waals surface area (Å²) in [4.78, 5) is 28.2. The van der Waals surface area contributed by atoms with Gasteiger partial charge in [-0.25, -0.2) is 4.90 Å². The quantitative estimate of drug-likeness (QED) is 0.618. The van der Waals surface area contributed by atoms with Gasteiger partial charge in [0, 0.05) is 24.2 Å². The van der Waals surface area contributed by atoms with Crippen molar-refractivity contribution in [3.63, 3.8) is 0 Å². The van der Waals surface area contributed by atoms with Crippen molar-refractivity contribution in [3.8, 4) is 0 Å². The van der Waals surface area contributed by atoms with Crippen molar-refractivity contribution < 1.29 is 18.7 Å². The van der Waals surface area contributed by atoms with Crippen LogP contribution in [0.2, 0.25) is 0 Å². The molecule has 3 aromatic rings. The minimum Gasteiger partial charge on any atom is -0.467 e. The van der Waals surface area contributed by atoms with Crippen LogP contribution in [-0.2, 0) is 26.6 Å². The Hall–Kier alpha value is -3.42. The largest absolute Gasteiger partial charge is 0.467 e. The Labute approximate surface area is 180 Å². The zero-order valence-corrected chi connectivity index (χ0v) is 16.9. The maximum Gasteiger partial charge on any atom is 0.327 e. The summed E-state index contributed by atoms with van der Waals surface area (Å²) >= 11 is 0. The van der Waals surface area contributed by atoms with Gasteiger partial charge in [0.15, 0.2) is 0 Å². The minimum atomic E-state index is -1.18. The van der Waals surface area contributed by atoms with E-state index >= 15 is 0 Å². The molecule has 0 spiro atoms. The third-order valence-corrected chi connectivity index (χ3v) is 5.88. The second-order valence-electron chi connectivity index (χ2n) is 7.69. The number of cyclic esters (lactones) is 1. The standard InChI is InChI=1S/C24H23N3O4/c28-22(26-14-19-12-7-13-30-19)20-15-25-16-21-23(29)31-24(27(20)21,17-8-3-1-4-9-17)18-10-5-2-6-11-18/h1-13,20-21,25H,14-16H2,(H,26,28). The number of hydrogen-bond donors (Lipinski definition) is 2. The van der Waals surface area contributed by atoms with Gasteiger partial charge in [0.1, 0.15) is 17.8 Å². The molecular formula is C24H23N3O4. The number of ether oxygens (including phenoxy) is 1. The van der Waals surface area contributed by atoms with Crippen LogP contribution in [0.25, 0.3) is 0 Å². The van der Waals surface area contributed by atoms with Crippen LogP contribution >= 0.6 is 0 Å². The Morgan fingerprint density at radius 1 is 1.00 bits per heavy atom. The average molecular weight is 417 g/mol. The van der Waals surface area contributed by atoms with Crippen LogP contribution < -0.4 is 10.6 Å². The minimum absolute atomic E-state index is 0.192. The molecule has 2 fully saturated rings. The highest BCUT2D eigenvalue weighted by atomic mass is 16.6. The first kappa shape index (κ1) is 19.5. The first-order valence-corrected chi connectivity index (χ1v) is 10.3. The lowest BCUT2D eigenvalue weighted by molar-refractivity contribution is -0.153. The molecule has 7 nitrogen and oxygen atoms in total. The molecule has 1 aromatic heterocycles. The van der Waals surface area contributed by atoms with E-state index in [1.165, 1.54) is 0 Å². The third-order valence-electron chi connectivity index (χ3n) is 5.88. The molecule has 0 bridgehead atoms. The van der Waals surface area contributed by atoms with Crippen molar-refractivity contribution >= 4 is 11.9 Å². The lowest BCUT2D eigenvalue weighted by Crippen LogP contribution is -2.65.